The van der Waals surface area contributed by atoms with Crippen LogP contribution in [0.5, 0.6) is 0 Å². The van der Waals surface area contributed by atoms with Crippen molar-refractivity contribution in [3.8, 4) is 0 Å². The number of hydrogen-bond donors (Lipinski definition) is 3. The first kappa shape index (κ1) is 18.1. The Morgan fingerprint density at radius 3 is 2.05 bits per heavy atom. The predicted octanol–water partition coefficient (Wildman–Crippen LogP) is 0.713. The zero-order valence-electron chi connectivity index (χ0n) is 12.7. The van der Waals surface area contributed by atoms with Crippen LogP contribution in [0, 0.1) is 11.8 Å². The van der Waals surface area contributed by atoms with Gasteiger partial charge in [-0.3, -0.25) is 9.59 Å². The Bertz CT molecular complexity index is 290. The molecule has 1 amide bonds. The van der Waals surface area contributed by atoms with Crippen LogP contribution in [0.1, 0.15) is 41.0 Å². The molecule has 0 fully saturated rings. The van der Waals surface area contributed by atoms with E-state index >= 15 is 0 Å². The van der Waals surface area contributed by atoms with Crippen LogP contribution < -0.4 is 10.6 Å². The van der Waals surface area contributed by atoms with Gasteiger partial charge in [-0.15, -0.1) is 0 Å². The average molecular weight is 272 g/mol. The Kier molecular flexibility index (Phi) is 8.59. The quantitative estimate of drug-likeness (QED) is 0.578. The van der Waals surface area contributed by atoms with Crippen molar-refractivity contribution in [1.82, 2.24) is 10.6 Å². The maximum Gasteiger partial charge on any atom is 0.240 e. The van der Waals surface area contributed by atoms with Crippen LogP contribution in [0.2, 0.25) is 0 Å². The molecule has 0 saturated heterocycles. The summed E-state index contributed by atoms with van der Waals surface area (Å²) in [4.78, 5) is 24.1. The first-order chi connectivity index (χ1) is 8.83. The van der Waals surface area contributed by atoms with Gasteiger partial charge in [-0.2, -0.15) is 0 Å². The maximum atomic E-state index is 12.1. The van der Waals surface area contributed by atoms with Crippen molar-refractivity contribution in [3.63, 3.8) is 0 Å². The lowest BCUT2D eigenvalue weighted by molar-refractivity contribution is -0.131. The highest BCUT2D eigenvalue weighted by Crippen LogP contribution is 2.10. The number of likely N-dealkylation sites (N-methyl/N-ethyl adjacent to an activating group) is 1. The number of rotatable bonds is 9. The monoisotopic (exact) mass is 272 g/mol. The van der Waals surface area contributed by atoms with Gasteiger partial charge in [-0.25, -0.2) is 0 Å². The molecule has 112 valence electrons. The fourth-order valence-electron chi connectivity index (χ4n) is 1.88. The Labute approximate surface area is 116 Å². The number of hydrogen-bond acceptors (Lipinski definition) is 4. The average Bonchev–Trinajstić information content (AvgIpc) is 2.33. The van der Waals surface area contributed by atoms with E-state index in [-0.39, 0.29) is 24.2 Å². The van der Waals surface area contributed by atoms with Crippen molar-refractivity contribution in [2.45, 2.75) is 53.1 Å². The Hall–Kier alpha value is -0.940. The zero-order valence-corrected chi connectivity index (χ0v) is 12.7. The zero-order chi connectivity index (χ0) is 15.0. The van der Waals surface area contributed by atoms with Gasteiger partial charge in [0.25, 0.3) is 0 Å². The van der Waals surface area contributed by atoms with Crippen molar-refractivity contribution in [2.24, 2.45) is 11.8 Å². The Morgan fingerprint density at radius 1 is 1.11 bits per heavy atom. The topological polar surface area (TPSA) is 78.4 Å². The molecule has 19 heavy (non-hydrogen) atoms. The summed E-state index contributed by atoms with van der Waals surface area (Å²) in [5, 5.41) is 14.8. The fraction of sp³-hybridized carbons (Fsp3) is 0.857. The molecular weight excluding hydrogens is 244 g/mol. The summed E-state index contributed by atoms with van der Waals surface area (Å²) in [5.74, 6) is -0.0743. The standard InChI is InChI=1S/C14H28N2O3/c1-6-15-12(8-17)14(19)16-11(7-9(2)3)13(18)10(4)5/h9-12,15,17H,6-8H2,1-5H3,(H,16,19)/t11-,12-/m0/s1. The summed E-state index contributed by atoms with van der Waals surface area (Å²) in [7, 11) is 0. The molecule has 0 aliphatic carbocycles. The van der Waals surface area contributed by atoms with E-state index in [9.17, 15) is 9.59 Å². The number of amides is 1. The number of ketones is 1. The first-order valence-corrected chi connectivity index (χ1v) is 7.01. The van der Waals surface area contributed by atoms with E-state index in [1.807, 2.05) is 34.6 Å². The molecule has 0 spiro atoms. The van der Waals surface area contributed by atoms with E-state index in [4.69, 9.17) is 5.11 Å². The fourth-order valence-corrected chi connectivity index (χ4v) is 1.88. The summed E-state index contributed by atoms with van der Waals surface area (Å²) in [6.07, 6.45) is 0.618. The van der Waals surface area contributed by atoms with Gasteiger partial charge in [-0.05, 0) is 18.9 Å². The van der Waals surface area contributed by atoms with Gasteiger partial charge in [0.2, 0.25) is 5.91 Å². The maximum absolute atomic E-state index is 12.1. The van der Waals surface area contributed by atoms with Gasteiger partial charge in [0, 0.05) is 5.92 Å². The van der Waals surface area contributed by atoms with E-state index in [2.05, 4.69) is 10.6 Å². The van der Waals surface area contributed by atoms with Gasteiger partial charge in [-0.1, -0.05) is 34.6 Å². The molecule has 0 aliphatic heterocycles. The van der Waals surface area contributed by atoms with Crippen LogP contribution in [-0.2, 0) is 9.59 Å². The van der Waals surface area contributed by atoms with E-state index in [1.165, 1.54) is 0 Å². The molecule has 0 aromatic carbocycles. The highest BCUT2D eigenvalue weighted by atomic mass is 16.3. The Balaban J connectivity index is 4.71. The summed E-state index contributed by atoms with van der Waals surface area (Å²) >= 11 is 0. The third-order valence-corrected chi connectivity index (χ3v) is 2.89. The number of aliphatic hydroxyl groups is 1. The third-order valence-electron chi connectivity index (χ3n) is 2.89. The molecule has 5 heteroatoms. The third kappa shape index (κ3) is 6.68. The minimum absolute atomic E-state index is 0.0373. The first-order valence-electron chi connectivity index (χ1n) is 7.01. The van der Waals surface area contributed by atoms with Crippen LogP contribution in [0.4, 0.5) is 0 Å². The van der Waals surface area contributed by atoms with Gasteiger partial charge >= 0.3 is 0 Å². The van der Waals surface area contributed by atoms with Crippen LogP contribution in [0.15, 0.2) is 0 Å². The molecule has 0 heterocycles. The molecule has 0 bridgehead atoms. The normalized spacial score (nSPS) is 14.5. The molecule has 5 nitrogen and oxygen atoms in total. The highest BCUT2D eigenvalue weighted by molar-refractivity contribution is 5.91. The molecule has 0 radical (unpaired) electrons. The van der Waals surface area contributed by atoms with Crippen molar-refractivity contribution < 1.29 is 14.7 Å². The Morgan fingerprint density at radius 2 is 1.68 bits per heavy atom. The number of Topliss-reactive ketones (excluding diaryl/α,β-unsaturated/α-hetero) is 1. The van der Waals surface area contributed by atoms with E-state index in [1.54, 1.807) is 0 Å². The second-order valence-electron chi connectivity index (χ2n) is 5.54. The minimum atomic E-state index is -0.653. The largest absolute Gasteiger partial charge is 0.394 e. The van der Waals surface area contributed by atoms with Gasteiger partial charge in [0.15, 0.2) is 5.78 Å². The second-order valence-corrected chi connectivity index (χ2v) is 5.54. The van der Waals surface area contributed by atoms with Crippen molar-refractivity contribution in [1.29, 1.82) is 0 Å². The minimum Gasteiger partial charge on any atom is -0.394 e. The summed E-state index contributed by atoms with van der Waals surface area (Å²) in [5.41, 5.74) is 0. The predicted molar refractivity (Wildman–Crippen MR) is 75.8 cm³/mol. The molecule has 0 aromatic rings. The summed E-state index contributed by atoms with van der Waals surface area (Å²) < 4.78 is 0. The second kappa shape index (κ2) is 9.04. The number of nitrogens with one attached hydrogen (secondary N) is 2. The van der Waals surface area contributed by atoms with Crippen molar-refractivity contribution >= 4 is 11.7 Å². The van der Waals surface area contributed by atoms with Gasteiger partial charge < -0.3 is 15.7 Å². The molecule has 0 saturated carbocycles. The highest BCUT2D eigenvalue weighted by Gasteiger charge is 2.26. The lowest BCUT2D eigenvalue weighted by Gasteiger charge is -2.24. The van der Waals surface area contributed by atoms with Gasteiger partial charge in [0.1, 0.15) is 6.04 Å². The van der Waals surface area contributed by atoms with Crippen LogP contribution in [0.3, 0.4) is 0 Å². The van der Waals surface area contributed by atoms with E-state index in [0.717, 1.165) is 0 Å². The van der Waals surface area contributed by atoms with Gasteiger partial charge in [0.05, 0.1) is 12.6 Å². The van der Waals surface area contributed by atoms with Crippen molar-refractivity contribution in [3.05, 3.63) is 0 Å². The molecule has 0 aliphatic rings. The number of carbonyl (C=O) groups is 2. The van der Waals surface area contributed by atoms with E-state index < -0.39 is 12.1 Å². The molecular formula is C14H28N2O3. The van der Waals surface area contributed by atoms with E-state index in [0.29, 0.717) is 18.9 Å². The molecule has 0 aromatic heterocycles. The van der Waals surface area contributed by atoms with Crippen LogP contribution in [-0.4, -0.2) is 42.0 Å². The SMILES string of the molecule is CCN[C@@H](CO)C(=O)N[C@@H](CC(C)C)C(=O)C(C)C. The number of aliphatic hydroxyl groups excluding tert-OH is 1. The summed E-state index contributed by atoms with van der Waals surface area (Å²) in [6, 6.07) is -1.13. The molecule has 2 atom stereocenters. The van der Waals surface area contributed by atoms with Crippen LogP contribution in [0.25, 0.3) is 0 Å². The molecule has 3 N–H and O–H groups in total. The van der Waals surface area contributed by atoms with Crippen LogP contribution >= 0.6 is 0 Å². The molecule has 0 rings (SSSR count). The van der Waals surface area contributed by atoms with Crippen molar-refractivity contribution in [2.75, 3.05) is 13.2 Å². The lowest BCUT2D eigenvalue weighted by Crippen LogP contribution is -2.52. The molecule has 0 unspecified atom stereocenters. The smallest absolute Gasteiger partial charge is 0.240 e. The number of carbonyl (C=O) groups excluding carboxylic acids is 2. The lowest BCUT2D eigenvalue weighted by atomic mass is 9.94. The summed E-state index contributed by atoms with van der Waals surface area (Å²) in [6.45, 7) is 9.86.